The zero-order valence-corrected chi connectivity index (χ0v) is 11.6. The van der Waals surface area contributed by atoms with E-state index in [1.54, 1.807) is 30.3 Å². The van der Waals surface area contributed by atoms with Gasteiger partial charge in [-0.1, -0.05) is 30.3 Å². The molecular formula is C14H17F2NO5. The molecule has 0 saturated heterocycles. The Morgan fingerprint density at radius 2 is 1.86 bits per heavy atom. The molecule has 0 heterocycles. The number of alkyl halides is 2. The van der Waals surface area contributed by atoms with E-state index in [4.69, 9.17) is 20.7 Å². The van der Waals surface area contributed by atoms with Crippen LogP contribution in [-0.4, -0.2) is 40.7 Å². The first kappa shape index (κ1) is 18.0. The molecule has 0 saturated carbocycles. The number of aliphatic hydroxyl groups excluding tert-OH is 1. The van der Waals surface area contributed by atoms with E-state index < -0.39 is 42.8 Å². The van der Waals surface area contributed by atoms with Gasteiger partial charge < -0.3 is 20.7 Å². The summed E-state index contributed by atoms with van der Waals surface area (Å²) in [5.41, 5.74) is 6.04. The monoisotopic (exact) mass is 317 g/mol. The van der Waals surface area contributed by atoms with Gasteiger partial charge in [0.1, 0.15) is 12.6 Å². The van der Waals surface area contributed by atoms with Crippen LogP contribution in [-0.2, 0) is 20.9 Å². The van der Waals surface area contributed by atoms with Crippen molar-refractivity contribution >= 4 is 11.9 Å². The lowest BCUT2D eigenvalue weighted by Crippen LogP contribution is -2.51. The molecule has 0 fully saturated rings. The highest BCUT2D eigenvalue weighted by molar-refractivity contribution is 5.80. The van der Waals surface area contributed by atoms with Crippen LogP contribution in [0.25, 0.3) is 0 Å². The van der Waals surface area contributed by atoms with Gasteiger partial charge in [-0.25, -0.2) is 4.79 Å². The summed E-state index contributed by atoms with van der Waals surface area (Å²) in [6.45, 7) is -0.898. The quantitative estimate of drug-likeness (QED) is 0.611. The number of nitrogens with two attached hydrogens (primary N) is 1. The average Bonchev–Trinajstić information content (AvgIpc) is 2.50. The van der Waals surface area contributed by atoms with Gasteiger partial charge in [-0.15, -0.1) is 0 Å². The molecular weight excluding hydrogens is 300 g/mol. The number of carbonyl (C=O) groups is 2. The van der Waals surface area contributed by atoms with Gasteiger partial charge in [0.2, 0.25) is 0 Å². The zero-order valence-electron chi connectivity index (χ0n) is 11.6. The fourth-order valence-electron chi connectivity index (χ4n) is 1.87. The van der Waals surface area contributed by atoms with E-state index in [2.05, 4.69) is 0 Å². The highest BCUT2D eigenvalue weighted by Crippen LogP contribution is 2.30. The molecule has 0 aliphatic heterocycles. The van der Waals surface area contributed by atoms with Crippen molar-refractivity contribution in [3.8, 4) is 0 Å². The molecule has 0 bridgehead atoms. The van der Waals surface area contributed by atoms with Crippen LogP contribution >= 0.6 is 0 Å². The molecule has 4 N–H and O–H groups in total. The van der Waals surface area contributed by atoms with Crippen molar-refractivity contribution in [2.24, 2.45) is 11.7 Å². The van der Waals surface area contributed by atoms with Gasteiger partial charge in [-0.3, -0.25) is 4.79 Å². The van der Waals surface area contributed by atoms with E-state index in [9.17, 15) is 18.4 Å². The molecule has 0 aliphatic carbocycles. The zero-order chi connectivity index (χ0) is 16.8. The van der Waals surface area contributed by atoms with E-state index >= 15 is 0 Å². The average molecular weight is 317 g/mol. The highest BCUT2D eigenvalue weighted by atomic mass is 19.3. The molecule has 1 rings (SSSR count). The summed E-state index contributed by atoms with van der Waals surface area (Å²) >= 11 is 0. The fourth-order valence-corrected chi connectivity index (χ4v) is 1.87. The van der Waals surface area contributed by atoms with Crippen molar-refractivity contribution in [1.82, 2.24) is 0 Å². The summed E-state index contributed by atoms with van der Waals surface area (Å²) < 4.78 is 32.0. The summed E-state index contributed by atoms with van der Waals surface area (Å²) in [4.78, 5) is 22.4. The third-order valence-corrected chi connectivity index (χ3v) is 3.12. The van der Waals surface area contributed by atoms with Gasteiger partial charge in [-0.05, 0) is 12.0 Å². The molecule has 0 aliphatic rings. The fraction of sp³-hybridized carbons (Fsp3) is 0.429. The lowest BCUT2D eigenvalue weighted by atomic mass is 9.90. The second-order valence-corrected chi connectivity index (χ2v) is 4.67. The first-order chi connectivity index (χ1) is 10.3. The summed E-state index contributed by atoms with van der Waals surface area (Å²) in [6.07, 6.45) is -0.638. The third-order valence-electron chi connectivity index (χ3n) is 3.12. The van der Waals surface area contributed by atoms with Crippen LogP contribution in [0.5, 0.6) is 0 Å². The van der Waals surface area contributed by atoms with Crippen molar-refractivity contribution in [3.63, 3.8) is 0 Å². The van der Waals surface area contributed by atoms with Gasteiger partial charge >= 0.3 is 17.9 Å². The van der Waals surface area contributed by atoms with Crippen LogP contribution in [0, 0.1) is 5.92 Å². The minimum absolute atomic E-state index is 0.169. The number of carboxylic acids is 1. The molecule has 22 heavy (non-hydrogen) atoms. The maximum absolute atomic E-state index is 13.6. The van der Waals surface area contributed by atoms with Crippen molar-refractivity contribution in [2.45, 2.75) is 25.0 Å². The maximum Gasteiger partial charge on any atom is 0.374 e. The Labute approximate surface area is 125 Å². The lowest BCUT2D eigenvalue weighted by molar-refractivity contribution is -0.179. The number of hydrogen-bond donors (Lipinski definition) is 3. The Morgan fingerprint density at radius 1 is 1.27 bits per heavy atom. The number of aliphatic hydroxyl groups is 1. The molecule has 6 nitrogen and oxygen atoms in total. The number of hydrogen-bond acceptors (Lipinski definition) is 5. The number of halogens is 2. The van der Waals surface area contributed by atoms with Gasteiger partial charge in [0.05, 0.1) is 5.92 Å². The third kappa shape index (κ3) is 4.47. The standard InChI is InChI=1S/C14H17F2NO5/c15-14(16,13(20)21)10(6-7-18)11(17)12(19)22-8-9-4-2-1-3-5-9/h1-5,10-11,18H,6-8,17H2,(H,20,21). The Balaban J connectivity index is 2.74. The van der Waals surface area contributed by atoms with Crippen molar-refractivity contribution in [2.75, 3.05) is 6.61 Å². The Hall–Kier alpha value is -2.06. The second-order valence-electron chi connectivity index (χ2n) is 4.67. The lowest BCUT2D eigenvalue weighted by Gasteiger charge is -2.26. The number of aliphatic carboxylic acids is 1. The SMILES string of the molecule is NC(C(=O)OCc1ccccc1)C(CCO)C(F)(F)C(=O)O. The minimum atomic E-state index is -4.24. The highest BCUT2D eigenvalue weighted by Gasteiger charge is 2.51. The number of ether oxygens (including phenoxy) is 1. The molecule has 2 atom stereocenters. The molecule has 1 aromatic carbocycles. The summed E-state index contributed by atoms with van der Waals surface area (Å²) in [6, 6.07) is 6.63. The van der Waals surface area contributed by atoms with Crippen molar-refractivity contribution in [1.29, 1.82) is 0 Å². The summed E-state index contributed by atoms with van der Waals surface area (Å²) in [7, 11) is 0. The largest absolute Gasteiger partial charge is 0.477 e. The molecule has 122 valence electrons. The van der Waals surface area contributed by atoms with Crippen LogP contribution in [0.15, 0.2) is 30.3 Å². The van der Waals surface area contributed by atoms with Crippen LogP contribution in [0.3, 0.4) is 0 Å². The topological polar surface area (TPSA) is 110 Å². The van der Waals surface area contributed by atoms with Gasteiger partial charge in [0.15, 0.2) is 0 Å². The predicted molar refractivity (Wildman–Crippen MR) is 72.0 cm³/mol. The van der Waals surface area contributed by atoms with Crippen LogP contribution < -0.4 is 5.73 Å². The molecule has 0 aromatic heterocycles. The van der Waals surface area contributed by atoms with E-state index in [1.165, 1.54) is 0 Å². The molecule has 0 radical (unpaired) electrons. The minimum Gasteiger partial charge on any atom is -0.477 e. The normalized spacial score (nSPS) is 14.2. The van der Waals surface area contributed by atoms with Crippen molar-refractivity contribution < 1.29 is 33.3 Å². The first-order valence-electron chi connectivity index (χ1n) is 6.49. The molecule has 1 aromatic rings. The van der Waals surface area contributed by atoms with Crippen molar-refractivity contribution in [3.05, 3.63) is 35.9 Å². The number of esters is 1. The smallest absolute Gasteiger partial charge is 0.374 e. The second kappa shape index (κ2) is 7.81. The first-order valence-corrected chi connectivity index (χ1v) is 6.49. The van der Waals surface area contributed by atoms with E-state index in [1.807, 2.05) is 0 Å². The summed E-state index contributed by atoms with van der Waals surface area (Å²) in [5.74, 6) is -9.85. The Morgan fingerprint density at radius 3 is 2.36 bits per heavy atom. The summed E-state index contributed by atoms with van der Waals surface area (Å²) in [5, 5.41) is 17.3. The Bertz CT molecular complexity index is 509. The van der Waals surface area contributed by atoms with Gasteiger partial charge in [0, 0.05) is 6.61 Å². The van der Waals surface area contributed by atoms with Crippen LogP contribution in [0.1, 0.15) is 12.0 Å². The number of rotatable bonds is 8. The molecule has 8 heteroatoms. The van der Waals surface area contributed by atoms with Crippen LogP contribution in [0.4, 0.5) is 8.78 Å². The number of carbonyl (C=O) groups excluding carboxylic acids is 1. The molecule has 0 spiro atoms. The van der Waals surface area contributed by atoms with E-state index in [-0.39, 0.29) is 6.61 Å². The maximum atomic E-state index is 13.6. The van der Waals surface area contributed by atoms with Gasteiger partial charge in [-0.2, -0.15) is 8.78 Å². The van der Waals surface area contributed by atoms with Crippen LogP contribution in [0.2, 0.25) is 0 Å². The predicted octanol–water partition coefficient (Wildman–Crippen LogP) is 0.776. The number of carboxylic acid groups (broad SMARTS) is 1. The molecule has 0 amide bonds. The number of benzene rings is 1. The van der Waals surface area contributed by atoms with E-state index in [0.717, 1.165) is 0 Å². The van der Waals surface area contributed by atoms with Gasteiger partial charge in [0.25, 0.3) is 0 Å². The molecule has 2 unspecified atom stereocenters. The Kier molecular flexibility index (Phi) is 6.39. The van der Waals surface area contributed by atoms with E-state index in [0.29, 0.717) is 5.56 Å².